The Morgan fingerprint density at radius 3 is 2.67 bits per heavy atom. The third-order valence-electron chi connectivity index (χ3n) is 3.20. The number of nitrogens with zero attached hydrogens (tertiary/aromatic N) is 2. The van der Waals surface area contributed by atoms with E-state index in [1.165, 1.54) is 0 Å². The Labute approximate surface area is 105 Å². The smallest absolute Gasteiger partial charge is 0.147 e. The maximum Gasteiger partial charge on any atom is 0.147 e. The van der Waals surface area contributed by atoms with E-state index in [4.69, 9.17) is 15.2 Å². The fraction of sp³-hybridized carbons (Fsp3) is 0.308. The molecule has 5 nitrogen and oxygen atoms in total. The molecule has 0 radical (unpaired) electrons. The van der Waals surface area contributed by atoms with Crippen LogP contribution in [0.15, 0.2) is 30.5 Å². The number of hydrogen-bond acceptors (Lipinski definition) is 4. The molecule has 1 aromatic carbocycles. The zero-order valence-electron chi connectivity index (χ0n) is 10.2. The minimum atomic E-state index is 0.0466. The summed E-state index contributed by atoms with van der Waals surface area (Å²) in [5.74, 6) is 0.670. The Hall–Kier alpha value is -1.85. The second kappa shape index (κ2) is 4.44. The number of benzene rings is 1. The summed E-state index contributed by atoms with van der Waals surface area (Å²) in [5, 5.41) is 4.14. The molecule has 2 aromatic rings. The molecule has 1 aromatic heterocycles. The van der Waals surface area contributed by atoms with E-state index in [1.807, 2.05) is 31.3 Å². The van der Waals surface area contributed by atoms with Gasteiger partial charge in [0.1, 0.15) is 18.7 Å². The normalized spacial score (nSPS) is 19.3. The molecule has 1 aliphatic heterocycles. The largest absolute Gasteiger partial charge is 0.383 e. The molecule has 1 saturated heterocycles. The molecular formula is C13H15N3O2. The van der Waals surface area contributed by atoms with Gasteiger partial charge in [-0.2, -0.15) is 5.10 Å². The summed E-state index contributed by atoms with van der Waals surface area (Å²) in [6.45, 7) is 0.996. The van der Waals surface area contributed by atoms with E-state index in [1.54, 1.807) is 10.9 Å². The van der Waals surface area contributed by atoms with Crippen LogP contribution in [0.3, 0.4) is 0 Å². The molecule has 3 rings (SSSR count). The lowest BCUT2D eigenvalue weighted by Gasteiger charge is -2.08. The molecule has 1 aliphatic rings. The first-order valence-electron chi connectivity index (χ1n) is 5.83. The molecule has 2 heterocycles. The SMILES string of the molecule is Cn1ncc(-c2ccc(C3COCO3)cc2)c1N. The number of anilines is 1. The van der Waals surface area contributed by atoms with Crippen LogP contribution in [0, 0.1) is 0 Å². The van der Waals surface area contributed by atoms with E-state index < -0.39 is 0 Å². The van der Waals surface area contributed by atoms with Crippen molar-refractivity contribution in [1.82, 2.24) is 9.78 Å². The molecule has 1 atom stereocenters. The third-order valence-corrected chi connectivity index (χ3v) is 3.20. The molecule has 0 bridgehead atoms. The van der Waals surface area contributed by atoms with Crippen molar-refractivity contribution in [3.05, 3.63) is 36.0 Å². The Kier molecular flexibility index (Phi) is 2.77. The average molecular weight is 245 g/mol. The molecule has 0 aliphatic carbocycles. The van der Waals surface area contributed by atoms with Crippen molar-refractivity contribution < 1.29 is 9.47 Å². The minimum absolute atomic E-state index is 0.0466. The van der Waals surface area contributed by atoms with Gasteiger partial charge in [0.15, 0.2) is 0 Å². The topological polar surface area (TPSA) is 62.3 Å². The lowest BCUT2D eigenvalue weighted by atomic mass is 10.0. The lowest BCUT2D eigenvalue weighted by molar-refractivity contribution is 0.0466. The quantitative estimate of drug-likeness (QED) is 0.875. The van der Waals surface area contributed by atoms with Gasteiger partial charge in [0.25, 0.3) is 0 Å². The van der Waals surface area contributed by atoms with Crippen LogP contribution in [0.2, 0.25) is 0 Å². The Balaban J connectivity index is 1.88. The summed E-state index contributed by atoms with van der Waals surface area (Å²) in [6, 6.07) is 8.15. The molecule has 1 unspecified atom stereocenters. The maximum absolute atomic E-state index is 5.95. The van der Waals surface area contributed by atoms with Crippen molar-refractivity contribution in [2.24, 2.45) is 7.05 Å². The molecule has 18 heavy (non-hydrogen) atoms. The molecular weight excluding hydrogens is 230 g/mol. The van der Waals surface area contributed by atoms with Crippen molar-refractivity contribution in [2.45, 2.75) is 6.10 Å². The summed E-state index contributed by atoms with van der Waals surface area (Å²) in [4.78, 5) is 0. The van der Waals surface area contributed by atoms with Gasteiger partial charge in [0, 0.05) is 12.6 Å². The number of aryl methyl sites for hydroxylation is 1. The second-order valence-electron chi connectivity index (χ2n) is 4.33. The van der Waals surface area contributed by atoms with Crippen LogP contribution in [0.25, 0.3) is 11.1 Å². The molecule has 0 amide bonds. The van der Waals surface area contributed by atoms with Crippen LogP contribution in [0.1, 0.15) is 11.7 Å². The number of nitrogens with two attached hydrogens (primary N) is 1. The van der Waals surface area contributed by atoms with Gasteiger partial charge >= 0.3 is 0 Å². The minimum Gasteiger partial charge on any atom is -0.383 e. The van der Waals surface area contributed by atoms with Gasteiger partial charge in [-0.25, -0.2) is 0 Å². The molecule has 94 valence electrons. The number of ether oxygens (including phenoxy) is 2. The predicted octanol–water partition coefficient (Wildman–Crippen LogP) is 1.71. The molecule has 0 saturated carbocycles. The van der Waals surface area contributed by atoms with Crippen LogP contribution in [-0.2, 0) is 16.5 Å². The molecule has 5 heteroatoms. The van der Waals surface area contributed by atoms with Gasteiger partial charge in [0.2, 0.25) is 0 Å². The Morgan fingerprint density at radius 2 is 2.11 bits per heavy atom. The first-order chi connectivity index (χ1) is 8.75. The molecule has 1 fully saturated rings. The first kappa shape index (κ1) is 11.3. The highest BCUT2D eigenvalue weighted by molar-refractivity contribution is 5.73. The predicted molar refractivity (Wildman–Crippen MR) is 67.7 cm³/mol. The number of hydrogen-bond donors (Lipinski definition) is 1. The lowest BCUT2D eigenvalue weighted by Crippen LogP contribution is -2.00. The van der Waals surface area contributed by atoms with E-state index in [0.717, 1.165) is 16.7 Å². The third kappa shape index (κ3) is 1.87. The van der Waals surface area contributed by atoms with Gasteiger partial charge in [-0.3, -0.25) is 4.68 Å². The van der Waals surface area contributed by atoms with Gasteiger partial charge in [-0.05, 0) is 11.1 Å². The van der Waals surface area contributed by atoms with Crippen LogP contribution >= 0.6 is 0 Å². The van der Waals surface area contributed by atoms with Gasteiger partial charge in [-0.15, -0.1) is 0 Å². The highest BCUT2D eigenvalue weighted by Gasteiger charge is 2.18. The van der Waals surface area contributed by atoms with Gasteiger partial charge in [0.05, 0.1) is 12.8 Å². The van der Waals surface area contributed by atoms with Crippen LogP contribution in [-0.4, -0.2) is 23.2 Å². The van der Waals surface area contributed by atoms with Crippen LogP contribution in [0.5, 0.6) is 0 Å². The summed E-state index contributed by atoms with van der Waals surface area (Å²) in [7, 11) is 1.83. The van der Waals surface area contributed by atoms with E-state index in [2.05, 4.69) is 5.10 Å². The molecule has 2 N–H and O–H groups in total. The van der Waals surface area contributed by atoms with E-state index in [-0.39, 0.29) is 6.10 Å². The van der Waals surface area contributed by atoms with Gasteiger partial charge < -0.3 is 15.2 Å². The summed E-state index contributed by atoms with van der Waals surface area (Å²) >= 11 is 0. The summed E-state index contributed by atoms with van der Waals surface area (Å²) < 4.78 is 12.3. The van der Waals surface area contributed by atoms with E-state index >= 15 is 0 Å². The highest BCUT2D eigenvalue weighted by atomic mass is 16.7. The van der Waals surface area contributed by atoms with Gasteiger partial charge in [-0.1, -0.05) is 24.3 Å². The average Bonchev–Trinajstić information content (AvgIpc) is 3.02. The Morgan fingerprint density at radius 1 is 1.33 bits per heavy atom. The fourth-order valence-corrected chi connectivity index (χ4v) is 2.07. The van der Waals surface area contributed by atoms with Crippen LogP contribution in [0.4, 0.5) is 5.82 Å². The van der Waals surface area contributed by atoms with Crippen molar-refractivity contribution in [3.63, 3.8) is 0 Å². The monoisotopic (exact) mass is 245 g/mol. The molecule has 0 spiro atoms. The zero-order valence-corrected chi connectivity index (χ0v) is 10.2. The standard InChI is InChI=1S/C13H15N3O2/c1-16-13(14)11(6-15-16)9-2-4-10(5-3-9)12-7-17-8-18-12/h2-6,12H,7-8,14H2,1H3. The zero-order chi connectivity index (χ0) is 12.5. The fourth-order valence-electron chi connectivity index (χ4n) is 2.07. The highest BCUT2D eigenvalue weighted by Crippen LogP contribution is 2.28. The number of aromatic nitrogens is 2. The van der Waals surface area contributed by atoms with E-state index in [0.29, 0.717) is 19.2 Å². The second-order valence-corrected chi connectivity index (χ2v) is 4.33. The summed E-state index contributed by atoms with van der Waals surface area (Å²) in [6.07, 6.45) is 1.82. The van der Waals surface area contributed by atoms with Crippen LogP contribution < -0.4 is 5.73 Å². The van der Waals surface area contributed by atoms with Crippen molar-refractivity contribution in [3.8, 4) is 11.1 Å². The number of rotatable bonds is 2. The van der Waals surface area contributed by atoms with E-state index in [9.17, 15) is 0 Å². The Bertz CT molecular complexity index is 542. The summed E-state index contributed by atoms with van der Waals surface area (Å²) in [5.41, 5.74) is 9.08. The van der Waals surface area contributed by atoms with Crippen molar-refractivity contribution >= 4 is 5.82 Å². The maximum atomic E-state index is 5.95. The van der Waals surface area contributed by atoms with Crippen molar-refractivity contribution in [2.75, 3.05) is 19.1 Å². The van der Waals surface area contributed by atoms with Crippen molar-refractivity contribution in [1.29, 1.82) is 0 Å². The first-order valence-corrected chi connectivity index (χ1v) is 5.83. The number of nitrogen functional groups attached to an aromatic ring is 1.